The molecule has 3 heterocycles. The van der Waals surface area contributed by atoms with Crippen LogP contribution in [-0.4, -0.2) is 57.7 Å². The summed E-state index contributed by atoms with van der Waals surface area (Å²) < 4.78 is 22.2. The van der Waals surface area contributed by atoms with Gasteiger partial charge in [-0.15, -0.1) is 10.2 Å². The van der Waals surface area contributed by atoms with Gasteiger partial charge in [-0.3, -0.25) is 9.36 Å². The molecule has 1 saturated heterocycles. The van der Waals surface area contributed by atoms with E-state index in [-0.39, 0.29) is 17.5 Å². The van der Waals surface area contributed by atoms with Gasteiger partial charge in [-0.1, -0.05) is 35.2 Å². The second kappa shape index (κ2) is 9.46. The van der Waals surface area contributed by atoms with E-state index in [0.29, 0.717) is 48.2 Å². The molecule has 5 rings (SSSR count). The van der Waals surface area contributed by atoms with Gasteiger partial charge >= 0.3 is 0 Å². The lowest BCUT2D eigenvalue weighted by Crippen LogP contribution is -2.37. The maximum atomic E-state index is 14.0. The van der Waals surface area contributed by atoms with Crippen LogP contribution in [0, 0.1) is 12.7 Å². The molecule has 170 valence electrons. The number of nitrogens with zero attached hydrogens (tertiary/aromatic N) is 5. The Morgan fingerprint density at radius 2 is 2.06 bits per heavy atom. The third-order valence-electron chi connectivity index (χ3n) is 5.10. The maximum absolute atomic E-state index is 14.0. The molecule has 0 aliphatic carbocycles. The minimum absolute atomic E-state index is 0.117. The van der Waals surface area contributed by atoms with Crippen molar-refractivity contribution in [2.45, 2.75) is 12.1 Å². The zero-order valence-electron chi connectivity index (χ0n) is 17.8. The van der Waals surface area contributed by atoms with Crippen LogP contribution in [0.15, 0.2) is 47.6 Å². The second-order valence-corrected chi connectivity index (χ2v) is 9.50. The molecule has 0 radical (unpaired) electrons. The fraction of sp³-hybridized carbons (Fsp3) is 0.273. The van der Waals surface area contributed by atoms with Crippen LogP contribution in [0.25, 0.3) is 15.9 Å². The van der Waals surface area contributed by atoms with Gasteiger partial charge in [0.15, 0.2) is 10.3 Å². The number of hydrogen-bond donors (Lipinski definition) is 1. The number of aromatic nitrogens is 4. The molecule has 0 saturated carbocycles. The number of thioether (sulfide) groups is 1. The Bertz CT molecular complexity index is 1300. The number of fused-ring (bicyclic) bond motifs is 1. The highest BCUT2D eigenvalue weighted by atomic mass is 32.2. The van der Waals surface area contributed by atoms with Gasteiger partial charge in [-0.25, -0.2) is 9.37 Å². The van der Waals surface area contributed by atoms with Gasteiger partial charge in [0.05, 0.1) is 34.9 Å². The van der Waals surface area contributed by atoms with Crippen LogP contribution in [0.3, 0.4) is 0 Å². The second-order valence-electron chi connectivity index (χ2n) is 7.52. The Balaban J connectivity index is 1.35. The molecular weight excluding hydrogens is 463 g/mol. The minimum atomic E-state index is -0.353. The Kier molecular flexibility index (Phi) is 6.25. The lowest BCUT2D eigenvalue weighted by Gasteiger charge is -2.27. The summed E-state index contributed by atoms with van der Waals surface area (Å²) in [7, 11) is 0. The number of hydrogen-bond acceptors (Lipinski definition) is 8. The number of rotatable bonds is 6. The van der Waals surface area contributed by atoms with Crippen LogP contribution < -0.4 is 10.2 Å². The average molecular weight is 485 g/mol. The molecule has 8 nitrogen and oxygen atoms in total. The minimum Gasteiger partial charge on any atom is -0.378 e. The number of aryl methyl sites for hydroxylation is 1. The maximum Gasteiger partial charge on any atom is 0.236 e. The van der Waals surface area contributed by atoms with Gasteiger partial charge in [-0.05, 0) is 42.8 Å². The average Bonchev–Trinajstić information content (AvgIpc) is 3.41. The summed E-state index contributed by atoms with van der Waals surface area (Å²) in [6, 6.07) is 12.2. The van der Waals surface area contributed by atoms with Crippen molar-refractivity contribution in [2.24, 2.45) is 0 Å². The lowest BCUT2D eigenvalue weighted by molar-refractivity contribution is -0.113. The molecule has 2 aromatic heterocycles. The molecule has 1 aliphatic rings. The number of benzene rings is 2. The molecule has 1 aliphatic heterocycles. The van der Waals surface area contributed by atoms with Crippen molar-refractivity contribution in [1.82, 2.24) is 19.7 Å². The fourth-order valence-corrected chi connectivity index (χ4v) is 5.26. The molecule has 11 heteroatoms. The van der Waals surface area contributed by atoms with Crippen molar-refractivity contribution in [1.29, 1.82) is 0 Å². The molecule has 0 bridgehead atoms. The first-order chi connectivity index (χ1) is 16.1. The van der Waals surface area contributed by atoms with Gasteiger partial charge in [0, 0.05) is 13.1 Å². The molecule has 0 unspecified atom stereocenters. The van der Waals surface area contributed by atoms with E-state index in [1.807, 2.05) is 25.1 Å². The molecule has 0 spiro atoms. The number of ether oxygens (including phenoxy) is 1. The van der Waals surface area contributed by atoms with E-state index in [1.165, 1.54) is 35.2 Å². The van der Waals surface area contributed by atoms with Gasteiger partial charge in [0.25, 0.3) is 0 Å². The molecule has 4 aromatic rings. The van der Waals surface area contributed by atoms with E-state index in [1.54, 1.807) is 16.7 Å². The molecule has 0 atom stereocenters. The largest absolute Gasteiger partial charge is 0.378 e. The van der Waals surface area contributed by atoms with Crippen molar-refractivity contribution in [2.75, 3.05) is 42.3 Å². The first kappa shape index (κ1) is 21.8. The van der Waals surface area contributed by atoms with E-state index in [2.05, 4.69) is 25.4 Å². The fourth-order valence-electron chi connectivity index (χ4n) is 3.54. The first-order valence-electron chi connectivity index (χ1n) is 10.4. The summed E-state index contributed by atoms with van der Waals surface area (Å²) >= 11 is 2.68. The number of morpholine rings is 1. The van der Waals surface area contributed by atoms with Crippen LogP contribution in [0.2, 0.25) is 0 Å². The highest BCUT2D eigenvalue weighted by molar-refractivity contribution is 7.99. The van der Waals surface area contributed by atoms with Crippen LogP contribution >= 0.6 is 23.1 Å². The number of amides is 1. The summed E-state index contributed by atoms with van der Waals surface area (Å²) in [6.07, 6.45) is 0. The highest BCUT2D eigenvalue weighted by Crippen LogP contribution is 2.29. The smallest absolute Gasteiger partial charge is 0.236 e. The summed E-state index contributed by atoms with van der Waals surface area (Å²) in [5, 5.41) is 12.6. The molecule has 2 aromatic carbocycles. The summed E-state index contributed by atoms with van der Waals surface area (Å²) in [5.41, 5.74) is 2.60. The van der Waals surface area contributed by atoms with Crippen molar-refractivity contribution in [3.05, 3.63) is 53.8 Å². The Morgan fingerprint density at radius 3 is 2.88 bits per heavy atom. The third-order valence-corrected chi connectivity index (χ3v) is 6.96. The monoisotopic (exact) mass is 484 g/mol. The Hall–Kier alpha value is -3.02. The van der Waals surface area contributed by atoms with Gasteiger partial charge in [0.2, 0.25) is 11.9 Å². The predicted molar refractivity (Wildman–Crippen MR) is 128 cm³/mol. The SMILES string of the molecule is Cc1ccc2nc(NC(=O)CSc3nnc(N4CCOCC4)n3-c3cccc(F)c3)sc2c1. The topological polar surface area (TPSA) is 85.2 Å². The third kappa shape index (κ3) is 4.85. The quantitative estimate of drug-likeness (QED) is 0.416. The van der Waals surface area contributed by atoms with Gasteiger partial charge in [-0.2, -0.15) is 0 Å². The van der Waals surface area contributed by atoms with Crippen LogP contribution in [0.5, 0.6) is 0 Å². The van der Waals surface area contributed by atoms with Crippen LogP contribution in [0.4, 0.5) is 15.5 Å². The van der Waals surface area contributed by atoms with E-state index in [9.17, 15) is 9.18 Å². The predicted octanol–water partition coefficient (Wildman–Crippen LogP) is 3.89. The van der Waals surface area contributed by atoms with E-state index >= 15 is 0 Å². The summed E-state index contributed by atoms with van der Waals surface area (Å²) in [5.74, 6) is 0.172. The summed E-state index contributed by atoms with van der Waals surface area (Å²) in [4.78, 5) is 19.2. The van der Waals surface area contributed by atoms with Crippen molar-refractivity contribution in [3.8, 4) is 5.69 Å². The standard InChI is InChI=1S/C22H21FN6O2S2/c1-14-5-6-17-18(11-14)33-20(24-17)25-19(30)13-32-22-27-26-21(28-7-9-31-10-8-28)29(22)16-4-2-3-15(23)12-16/h2-6,11-12H,7-10,13H2,1H3,(H,24,25,30). The normalized spacial score (nSPS) is 14.1. The van der Waals surface area contributed by atoms with Crippen LogP contribution in [-0.2, 0) is 9.53 Å². The van der Waals surface area contributed by atoms with E-state index in [0.717, 1.165) is 15.8 Å². The van der Waals surface area contributed by atoms with E-state index in [4.69, 9.17) is 4.74 Å². The molecule has 33 heavy (non-hydrogen) atoms. The van der Waals surface area contributed by atoms with Crippen molar-refractivity contribution >= 4 is 50.3 Å². The summed E-state index contributed by atoms with van der Waals surface area (Å²) in [6.45, 7) is 4.52. The first-order valence-corrected chi connectivity index (χ1v) is 12.2. The number of carbonyl (C=O) groups excluding carboxylic acids is 1. The van der Waals surface area contributed by atoms with Gasteiger partial charge in [0.1, 0.15) is 5.82 Å². The number of anilines is 2. The molecule has 1 N–H and O–H groups in total. The molecule has 1 amide bonds. The molecular formula is C22H21FN6O2S2. The zero-order chi connectivity index (χ0) is 22.8. The number of carbonyl (C=O) groups is 1. The Labute approximate surface area is 197 Å². The number of halogens is 1. The van der Waals surface area contributed by atoms with Crippen molar-refractivity contribution in [3.63, 3.8) is 0 Å². The van der Waals surface area contributed by atoms with Gasteiger partial charge < -0.3 is 15.0 Å². The van der Waals surface area contributed by atoms with Crippen molar-refractivity contribution < 1.29 is 13.9 Å². The molecule has 1 fully saturated rings. The zero-order valence-corrected chi connectivity index (χ0v) is 19.5. The number of thiazole rings is 1. The van der Waals surface area contributed by atoms with E-state index < -0.39 is 0 Å². The highest BCUT2D eigenvalue weighted by Gasteiger charge is 2.22. The Morgan fingerprint density at radius 1 is 1.21 bits per heavy atom. The van der Waals surface area contributed by atoms with Crippen LogP contribution in [0.1, 0.15) is 5.56 Å². The lowest BCUT2D eigenvalue weighted by atomic mass is 10.2. The number of nitrogens with one attached hydrogen (secondary N) is 1.